The Labute approximate surface area is 77.6 Å². The van der Waals surface area contributed by atoms with Crippen LogP contribution in [0, 0.1) is 0 Å². The first kappa shape index (κ1) is 8.40. The average molecular weight is 197 g/mol. The standard InChI is InChI=1S/C8H7NO3S/c10-8-7-4-2-1-3-6(7)5-9(8)13(11)12/h1-4H,5H2,(H,11,12). The normalized spacial score (nSPS) is 17.3. The Morgan fingerprint density at radius 2 is 2.08 bits per heavy atom. The predicted octanol–water partition coefficient (Wildman–Crippen LogP) is 0.779. The summed E-state index contributed by atoms with van der Waals surface area (Å²) in [5.41, 5.74) is 1.32. The molecule has 1 heterocycles. The van der Waals surface area contributed by atoms with Gasteiger partial charge in [0.25, 0.3) is 17.2 Å². The number of amides is 1. The van der Waals surface area contributed by atoms with Crippen LogP contribution >= 0.6 is 0 Å². The van der Waals surface area contributed by atoms with Crippen molar-refractivity contribution in [3.63, 3.8) is 0 Å². The lowest BCUT2D eigenvalue weighted by molar-refractivity contribution is 0.0878. The molecular weight excluding hydrogens is 190 g/mol. The van der Waals surface area contributed by atoms with Gasteiger partial charge in [-0.05, 0) is 11.6 Å². The van der Waals surface area contributed by atoms with E-state index in [1.807, 2.05) is 0 Å². The second kappa shape index (κ2) is 2.93. The topological polar surface area (TPSA) is 57.6 Å². The number of nitrogens with zero attached hydrogens (tertiary/aromatic N) is 1. The highest BCUT2D eigenvalue weighted by Gasteiger charge is 2.30. The van der Waals surface area contributed by atoms with Crippen LogP contribution in [-0.2, 0) is 17.8 Å². The zero-order chi connectivity index (χ0) is 9.42. The third-order valence-electron chi connectivity index (χ3n) is 1.98. The molecule has 1 N–H and O–H groups in total. The summed E-state index contributed by atoms with van der Waals surface area (Å²) in [6.45, 7) is 0.220. The fraction of sp³-hybridized carbons (Fsp3) is 0.125. The smallest absolute Gasteiger partial charge is 0.267 e. The summed E-state index contributed by atoms with van der Waals surface area (Å²) >= 11 is -2.21. The first-order chi connectivity index (χ1) is 6.20. The Kier molecular flexibility index (Phi) is 1.90. The van der Waals surface area contributed by atoms with Gasteiger partial charge in [0.1, 0.15) is 0 Å². The average Bonchev–Trinajstić information content (AvgIpc) is 2.45. The van der Waals surface area contributed by atoms with Crippen molar-refractivity contribution in [3.05, 3.63) is 35.4 Å². The molecule has 1 aromatic carbocycles. The molecule has 13 heavy (non-hydrogen) atoms. The fourth-order valence-electron chi connectivity index (χ4n) is 1.35. The molecule has 0 bridgehead atoms. The molecule has 4 nitrogen and oxygen atoms in total. The number of hydrogen-bond donors (Lipinski definition) is 1. The number of rotatable bonds is 1. The highest BCUT2D eigenvalue weighted by atomic mass is 32.2. The minimum absolute atomic E-state index is 0.220. The first-order valence-corrected chi connectivity index (χ1v) is 4.77. The van der Waals surface area contributed by atoms with Crippen LogP contribution in [0.5, 0.6) is 0 Å². The molecule has 0 saturated heterocycles. The van der Waals surface area contributed by atoms with Crippen molar-refractivity contribution in [2.24, 2.45) is 0 Å². The van der Waals surface area contributed by atoms with Crippen molar-refractivity contribution >= 4 is 17.2 Å². The van der Waals surface area contributed by atoms with Crippen molar-refractivity contribution in [1.29, 1.82) is 0 Å². The Bertz CT molecular complexity index is 391. The molecule has 0 aromatic heterocycles. The Morgan fingerprint density at radius 3 is 2.69 bits per heavy atom. The Hall–Kier alpha value is -1.20. The van der Waals surface area contributed by atoms with Crippen molar-refractivity contribution in [2.75, 3.05) is 0 Å². The van der Waals surface area contributed by atoms with Gasteiger partial charge in [-0.15, -0.1) is 0 Å². The van der Waals surface area contributed by atoms with Crippen LogP contribution in [0.15, 0.2) is 24.3 Å². The van der Waals surface area contributed by atoms with Crippen LogP contribution in [0.4, 0.5) is 0 Å². The second-order valence-electron chi connectivity index (χ2n) is 2.73. The molecule has 1 aliphatic rings. The van der Waals surface area contributed by atoms with E-state index >= 15 is 0 Å². The predicted molar refractivity (Wildman–Crippen MR) is 47.1 cm³/mol. The first-order valence-electron chi connectivity index (χ1n) is 3.71. The van der Waals surface area contributed by atoms with Gasteiger partial charge in [-0.1, -0.05) is 18.2 Å². The number of benzene rings is 1. The summed E-state index contributed by atoms with van der Waals surface area (Å²) < 4.78 is 20.4. The summed E-state index contributed by atoms with van der Waals surface area (Å²) in [6, 6.07) is 6.97. The number of carbonyl (C=O) groups excluding carboxylic acids is 1. The third-order valence-corrected chi connectivity index (χ3v) is 2.65. The lowest BCUT2D eigenvalue weighted by atomic mass is 10.1. The number of fused-ring (bicyclic) bond motifs is 1. The molecule has 0 saturated carbocycles. The van der Waals surface area contributed by atoms with E-state index in [-0.39, 0.29) is 12.5 Å². The van der Waals surface area contributed by atoms with Gasteiger partial charge in [-0.3, -0.25) is 9.35 Å². The molecule has 0 aliphatic carbocycles. The fourth-order valence-corrected chi connectivity index (χ4v) is 1.84. The van der Waals surface area contributed by atoms with Crippen LogP contribution in [0.2, 0.25) is 0 Å². The van der Waals surface area contributed by atoms with Crippen molar-refractivity contribution in [1.82, 2.24) is 4.31 Å². The van der Waals surface area contributed by atoms with E-state index in [4.69, 9.17) is 4.55 Å². The maximum absolute atomic E-state index is 11.4. The van der Waals surface area contributed by atoms with Gasteiger partial charge in [-0.25, -0.2) is 8.51 Å². The zero-order valence-electron chi connectivity index (χ0n) is 6.64. The van der Waals surface area contributed by atoms with Crippen molar-refractivity contribution < 1.29 is 13.6 Å². The second-order valence-corrected chi connectivity index (χ2v) is 3.63. The maximum Gasteiger partial charge on any atom is 0.267 e. The summed E-state index contributed by atoms with van der Waals surface area (Å²) in [6.07, 6.45) is 0. The quantitative estimate of drug-likeness (QED) is 0.677. The molecule has 1 atom stereocenters. The molecule has 68 valence electrons. The molecule has 1 unspecified atom stereocenters. The van der Waals surface area contributed by atoms with Gasteiger partial charge < -0.3 is 0 Å². The Balaban J connectivity index is 2.44. The summed E-state index contributed by atoms with van der Waals surface area (Å²) in [4.78, 5) is 11.4. The highest BCUT2D eigenvalue weighted by Crippen LogP contribution is 2.22. The monoisotopic (exact) mass is 197 g/mol. The molecule has 0 radical (unpaired) electrons. The van der Waals surface area contributed by atoms with E-state index in [0.717, 1.165) is 9.87 Å². The highest BCUT2D eigenvalue weighted by molar-refractivity contribution is 7.77. The summed E-state index contributed by atoms with van der Waals surface area (Å²) in [5, 5.41) is 0. The van der Waals surface area contributed by atoms with E-state index in [2.05, 4.69) is 0 Å². The number of hydrogen-bond acceptors (Lipinski definition) is 2. The van der Waals surface area contributed by atoms with E-state index in [0.29, 0.717) is 5.56 Å². The van der Waals surface area contributed by atoms with Crippen LogP contribution in [0.1, 0.15) is 15.9 Å². The van der Waals surface area contributed by atoms with Crippen molar-refractivity contribution in [3.8, 4) is 0 Å². The molecule has 1 aliphatic heterocycles. The molecule has 1 aromatic rings. The van der Waals surface area contributed by atoms with Crippen LogP contribution in [0.25, 0.3) is 0 Å². The van der Waals surface area contributed by atoms with E-state index in [1.54, 1.807) is 24.3 Å². The molecule has 0 spiro atoms. The Morgan fingerprint density at radius 1 is 1.38 bits per heavy atom. The van der Waals surface area contributed by atoms with Gasteiger partial charge in [-0.2, -0.15) is 0 Å². The van der Waals surface area contributed by atoms with E-state index < -0.39 is 11.3 Å². The lowest BCUT2D eigenvalue weighted by Crippen LogP contribution is -2.25. The van der Waals surface area contributed by atoms with Gasteiger partial charge in [0.05, 0.1) is 6.54 Å². The summed E-state index contributed by atoms with van der Waals surface area (Å²) in [7, 11) is 0. The van der Waals surface area contributed by atoms with Crippen LogP contribution in [-0.4, -0.2) is 19.0 Å². The molecular formula is C8H7NO3S. The zero-order valence-corrected chi connectivity index (χ0v) is 7.45. The lowest BCUT2D eigenvalue weighted by Gasteiger charge is -2.07. The van der Waals surface area contributed by atoms with Crippen molar-refractivity contribution in [2.45, 2.75) is 6.54 Å². The third kappa shape index (κ3) is 1.26. The van der Waals surface area contributed by atoms with E-state index in [9.17, 15) is 9.00 Å². The van der Waals surface area contributed by atoms with Crippen LogP contribution in [0.3, 0.4) is 0 Å². The van der Waals surface area contributed by atoms with E-state index in [1.165, 1.54) is 0 Å². The minimum atomic E-state index is -2.21. The van der Waals surface area contributed by atoms with Gasteiger partial charge in [0, 0.05) is 5.56 Å². The summed E-state index contributed by atoms with van der Waals surface area (Å²) in [5.74, 6) is -0.378. The van der Waals surface area contributed by atoms with Crippen LogP contribution < -0.4 is 0 Å². The molecule has 5 heteroatoms. The molecule has 1 amide bonds. The molecule has 0 fully saturated rings. The largest absolute Gasteiger partial charge is 0.289 e. The SMILES string of the molecule is O=C1c2ccccc2CN1S(=O)O. The van der Waals surface area contributed by atoms with Gasteiger partial charge in [0.2, 0.25) is 0 Å². The molecule has 2 rings (SSSR count). The maximum atomic E-state index is 11.4. The van der Waals surface area contributed by atoms with Gasteiger partial charge in [0.15, 0.2) is 0 Å². The number of carbonyl (C=O) groups is 1. The minimum Gasteiger partial charge on any atom is -0.289 e. The van der Waals surface area contributed by atoms with Gasteiger partial charge >= 0.3 is 0 Å².